The first-order valence-corrected chi connectivity index (χ1v) is 4.89. The summed E-state index contributed by atoms with van der Waals surface area (Å²) in [5, 5.41) is 22.1. The third kappa shape index (κ3) is 2.83. The van der Waals surface area contributed by atoms with Crippen LogP contribution in [0.15, 0.2) is 18.2 Å². The van der Waals surface area contributed by atoms with E-state index < -0.39 is 4.92 Å². The highest BCUT2D eigenvalue weighted by molar-refractivity contribution is 5.69. The zero-order valence-electron chi connectivity index (χ0n) is 8.97. The van der Waals surface area contributed by atoms with Gasteiger partial charge < -0.3 is 15.2 Å². The molecule has 0 unspecified atom stereocenters. The molecule has 88 valence electrons. The minimum Gasteiger partial charge on any atom is -0.491 e. The summed E-state index contributed by atoms with van der Waals surface area (Å²) in [6.45, 7) is 0.357. The van der Waals surface area contributed by atoms with Gasteiger partial charge in [-0.25, -0.2) is 0 Å². The van der Waals surface area contributed by atoms with Gasteiger partial charge in [0, 0.05) is 26.1 Å². The lowest BCUT2D eigenvalue weighted by Crippen LogP contribution is -2.04. The maximum Gasteiger partial charge on any atom is 0.296 e. The lowest BCUT2D eigenvalue weighted by atomic mass is 10.2. The molecule has 0 aliphatic carbocycles. The van der Waals surface area contributed by atoms with Crippen molar-refractivity contribution in [3.05, 3.63) is 28.3 Å². The molecule has 0 amide bonds. The molecule has 0 bridgehead atoms. The summed E-state index contributed by atoms with van der Waals surface area (Å²) < 4.78 is 5.33. The Morgan fingerprint density at radius 3 is 2.88 bits per heavy atom. The standard InChI is InChI=1S/C10H14N2O4/c1-11-10-8(12(14)15)4-2-5-9(10)16-7-3-6-13/h2,4-5,11,13H,3,6-7H2,1H3. The summed E-state index contributed by atoms with van der Waals surface area (Å²) >= 11 is 0. The van der Waals surface area contributed by atoms with E-state index in [1.165, 1.54) is 6.07 Å². The van der Waals surface area contributed by atoms with E-state index in [1.807, 2.05) is 0 Å². The third-order valence-corrected chi connectivity index (χ3v) is 2.01. The van der Waals surface area contributed by atoms with Crippen LogP contribution in [0.25, 0.3) is 0 Å². The molecule has 0 aliphatic rings. The second-order valence-electron chi connectivity index (χ2n) is 3.08. The second kappa shape index (κ2) is 5.92. The largest absolute Gasteiger partial charge is 0.491 e. The molecule has 1 aromatic rings. The van der Waals surface area contributed by atoms with E-state index in [4.69, 9.17) is 9.84 Å². The highest BCUT2D eigenvalue weighted by Gasteiger charge is 2.16. The fraction of sp³-hybridized carbons (Fsp3) is 0.400. The fourth-order valence-electron chi connectivity index (χ4n) is 1.29. The van der Waals surface area contributed by atoms with E-state index >= 15 is 0 Å². The normalized spacial score (nSPS) is 9.88. The van der Waals surface area contributed by atoms with E-state index in [0.717, 1.165) is 0 Å². The van der Waals surface area contributed by atoms with Gasteiger partial charge >= 0.3 is 0 Å². The van der Waals surface area contributed by atoms with Crippen LogP contribution >= 0.6 is 0 Å². The minimum absolute atomic E-state index is 0.0241. The number of para-hydroxylation sites is 1. The molecule has 0 aromatic heterocycles. The number of rotatable bonds is 6. The van der Waals surface area contributed by atoms with Gasteiger partial charge in [0.25, 0.3) is 5.69 Å². The maximum atomic E-state index is 10.7. The summed E-state index contributed by atoms with van der Waals surface area (Å²) in [6.07, 6.45) is 0.492. The molecule has 6 heteroatoms. The van der Waals surface area contributed by atoms with Crippen LogP contribution in [-0.2, 0) is 0 Å². The highest BCUT2D eigenvalue weighted by atomic mass is 16.6. The van der Waals surface area contributed by atoms with Crippen LogP contribution in [0.3, 0.4) is 0 Å². The lowest BCUT2D eigenvalue weighted by molar-refractivity contribution is -0.384. The van der Waals surface area contributed by atoms with Crippen molar-refractivity contribution in [3.8, 4) is 5.75 Å². The predicted molar refractivity (Wildman–Crippen MR) is 59.8 cm³/mol. The lowest BCUT2D eigenvalue weighted by Gasteiger charge is -2.10. The topological polar surface area (TPSA) is 84.6 Å². The predicted octanol–water partition coefficient (Wildman–Crippen LogP) is 1.40. The summed E-state index contributed by atoms with van der Waals surface area (Å²) in [5.41, 5.74) is 0.328. The summed E-state index contributed by atoms with van der Waals surface area (Å²) in [6, 6.07) is 4.62. The molecule has 0 aliphatic heterocycles. The van der Waals surface area contributed by atoms with Crippen molar-refractivity contribution < 1.29 is 14.8 Å². The van der Waals surface area contributed by atoms with Gasteiger partial charge in [0.05, 0.1) is 11.5 Å². The van der Waals surface area contributed by atoms with Crippen LogP contribution in [0.5, 0.6) is 5.75 Å². The Labute approximate surface area is 93.0 Å². The van der Waals surface area contributed by atoms with Gasteiger partial charge in [0.15, 0.2) is 5.69 Å². The molecule has 0 heterocycles. The van der Waals surface area contributed by atoms with Crippen molar-refractivity contribution in [3.63, 3.8) is 0 Å². The quantitative estimate of drug-likeness (QED) is 0.435. The number of hydrogen-bond acceptors (Lipinski definition) is 5. The molecule has 2 N–H and O–H groups in total. The van der Waals surface area contributed by atoms with Gasteiger partial charge in [-0.3, -0.25) is 10.1 Å². The van der Waals surface area contributed by atoms with E-state index in [0.29, 0.717) is 24.5 Å². The van der Waals surface area contributed by atoms with Gasteiger partial charge in [-0.2, -0.15) is 0 Å². The SMILES string of the molecule is CNc1c(OCCCO)cccc1[N+](=O)[O-]. The molecular weight excluding hydrogens is 212 g/mol. The number of nitro benzene ring substituents is 1. The monoisotopic (exact) mass is 226 g/mol. The van der Waals surface area contributed by atoms with Gasteiger partial charge in [-0.15, -0.1) is 0 Å². The number of nitro groups is 1. The Bertz CT molecular complexity index is 368. The molecule has 1 aromatic carbocycles. The fourth-order valence-corrected chi connectivity index (χ4v) is 1.29. The third-order valence-electron chi connectivity index (χ3n) is 2.01. The Balaban J connectivity index is 2.90. The van der Waals surface area contributed by atoms with Crippen LogP contribution in [0.2, 0.25) is 0 Å². The number of aliphatic hydroxyl groups excluding tert-OH is 1. The van der Waals surface area contributed by atoms with Crippen LogP contribution < -0.4 is 10.1 Å². The van der Waals surface area contributed by atoms with Crippen molar-refractivity contribution >= 4 is 11.4 Å². The first-order chi connectivity index (χ1) is 7.70. The van der Waals surface area contributed by atoms with Crippen LogP contribution in [0.1, 0.15) is 6.42 Å². The molecule has 0 saturated heterocycles. The number of nitrogens with zero attached hydrogens (tertiary/aromatic N) is 1. The van der Waals surface area contributed by atoms with Gasteiger partial charge in [-0.1, -0.05) is 6.07 Å². The molecule has 16 heavy (non-hydrogen) atoms. The Morgan fingerprint density at radius 2 is 2.31 bits per heavy atom. The van der Waals surface area contributed by atoms with Gasteiger partial charge in [-0.05, 0) is 6.07 Å². The number of ether oxygens (including phenoxy) is 1. The number of hydrogen-bond donors (Lipinski definition) is 2. The van der Waals surface area contributed by atoms with E-state index in [-0.39, 0.29) is 12.3 Å². The number of anilines is 1. The van der Waals surface area contributed by atoms with Crippen molar-refractivity contribution in [1.29, 1.82) is 0 Å². The number of aliphatic hydroxyl groups is 1. The zero-order valence-corrected chi connectivity index (χ0v) is 8.97. The van der Waals surface area contributed by atoms with Crippen LogP contribution in [0.4, 0.5) is 11.4 Å². The Morgan fingerprint density at radius 1 is 1.56 bits per heavy atom. The highest BCUT2D eigenvalue weighted by Crippen LogP contribution is 2.33. The number of benzene rings is 1. The van der Waals surface area contributed by atoms with Crippen LogP contribution in [-0.4, -0.2) is 30.3 Å². The van der Waals surface area contributed by atoms with Crippen molar-refractivity contribution in [2.75, 3.05) is 25.6 Å². The molecular formula is C10H14N2O4. The summed E-state index contributed by atoms with van der Waals surface area (Å²) in [4.78, 5) is 10.3. The van der Waals surface area contributed by atoms with E-state index in [1.54, 1.807) is 19.2 Å². The van der Waals surface area contributed by atoms with Gasteiger partial charge in [0.1, 0.15) is 5.75 Å². The Hall–Kier alpha value is -1.82. The zero-order chi connectivity index (χ0) is 12.0. The number of nitrogens with one attached hydrogen (secondary N) is 1. The first kappa shape index (κ1) is 12.3. The smallest absolute Gasteiger partial charge is 0.296 e. The average Bonchev–Trinajstić information content (AvgIpc) is 2.29. The van der Waals surface area contributed by atoms with Crippen molar-refractivity contribution in [2.45, 2.75) is 6.42 Å². The van der Waals surface area contributed by atoms with E-state index in [9.17, 15) is 10.1 Å². The Kier molecular flexibility index (Phi) is 4.53. The minimum atomic E-state index is -0.468. The van der Waals surface area contributed by atoms with Crippen molar-refractivity contribution in [1.82, 2.24) is 0 Å². The molecule has 0 radical (unpaired) electrons. The molecule has 1 rings (SSSR count). The van der Waals surface area contributed by atoms with Crippen molar-refractivity contribution in [2.24, 2.45) is 0 Å². The maximum absolute atomic E-state index is 10.7. The van der Waals surface area contributed by atoms with Crippen LogP contribution in [0, 0.1) is 10.1 Å². The molecule has 0 saturated carbocycles. The molecule has 0 fully saturated rings. The first-order valence-electron chi connectivity index (χ1n) is 4.89. The second-order valence-corrected chi connectivity index (χ2v) is 3.08. The molecule has 6 nitrogen and oxygen atoms in total. The van der Waals surface area contributed by atoms with E-state index in [2.05, 4.69) is 5.32 Å². The summed E-state index contributed by atoms with van der Waals surface area (Å²) in [7, 11) is 1.60. The molecule has 0 atom stereocenters. The average molecular weight is 226 g/mol. The summed E-state index contributed by atoms with van der Waals surface area (Å²) in [5.74, 6) is 0.421. The molecule has 0 spiro atoms. The van der Waals surface area contributed by atoms with Gasteiger partial charge in [0.2, 0.25) is 0 Å².